The third kappa shape index (κ3) is 1.53. The molecule has 1 aliphatic heterocycles. The first-order valence-electron chi connectivity index (χ1n) is 5.01. The molecule has 80 valence electrons. The van der Waals surface area contributed by atoms with Crippen molar-refractivity contribution in [1.82, 2.24) is 0 Å². The van der Waals surface area contributed by atoms with E-state index in [1.807, 2.05) is 37.3 Å². The minimum atomic E-state index is -0.902. The van der Waals surface area contributed by atoms with E-state index in [2.05, 4.69) is 0 Å². The minimum absolute atomic E-state index is 0.0855. The van der Waals surface area contributed by atoms with E-state index in [1.54, 1.807) is 7.11 Å². The minimum Gasteiger partial charge on any atom is -0.460 e. The van der Waals surface area contributed by atoms with Gasteiger partial charge < -0.3 is 9.47 Å². The molecule has 0 saturated carbocycles. The number of esters is 1. The normalized spacial score (nSPS) is 30.3. The first-order valence-corrected chi connectivity index (χ1v) is 5.01. The highest BCUT2D eigenvalue weighted by Gasteiger charge is 2.49. The van der Waals surface area contributed by atoms with Gasteiger partial charge in [0.2, 0.25) is 0 Å². The topological polar surface area (TPSA) is 35.5 Å². The molecule has 1 saturated heterocycles. The number of carbonyl (C=O) groups excluding carboxylic acids is 1. The molecule has 2 unspecified atom stereocenters. The Balaban J connectivity index is 2.43. The zero-order valence-electron chi connectivity index (χ0n) is 8.90. The van der Waals surface area contributed by atoms with Crippen LogP contribution in [0.3, 0.4) is 0 Å². The molecule has 3 heteroatoms. The van der Waals surface area contributed by atoms with Crippen LogP contribution in [0, 0.1) is 0 Å². The average molecular weight is 206 g/mol. The zero-order valence-corrected chi connectivity index (χ0v) is 8.90. The van der Waals surface area contributed by atoms with Crippen LogP contribution in [0.15, 0.2) is 30.3 Å². The summed E-state index contributed by atoms with van der Waals surface area (Å²) in [5, 5.41) is 0. The maximum atomic E-state index is 11.8. The fourth-order valence-electron chi connectivity index (χ4n) is 2.04. The van der Waals surface area contributed by atoms with Crippen LogP contribution < -0.4 is 0 Å². The molecule has 3 nitrogen and oxygen atoms in total. The SMILES string of the molecule is COC1(c2ccccc2)CC(C)OC1=O. The second-order valence-corrected chi connectivity index (χ2v) is 3.82. The molecule has 0 amide bonds. The van der Waals surface area contributed by atoms with Crippen LogP contribution in [0.25, 0.3) is 0 Å². The lowest BCUT2D eigenvalue weighted by Gasteiger charge is -2.23. The van der Waals surface area contributed by atoms with Crippen molar-refractivity contribution in [3.63, 3.8) is 0 Å². The van der Waals surface area contributed by atoms with Crippen molar-refractivity contribution in [1.29, 1.82) is 0 Å². The van der Waals surface area contributed by atoms with Gasteiger partial charge in [-0.1, -0.05) is 30.3 Å². The highest BCUT2D eigenvalue weighted by molar-refractivity contribution is 5.83. The Labute approximate surface area is 89.0 Å². The van der Waals surface area contributed by atoms with Crippen molar-refractivity contribution in [2.75, 3.05) is 7.11 Å². The summed E-state index contributed by atoms with van der Waals surface area (Å²) in [6.07, 6.45) is 0.490. The summed E-state index contributed by atoms with van der Waals surface area (Å²) in [4.78, 5) is 11.8. The van der Waals surface area contributed by atoms with Crippen molar-refractivity contribution in [3.05, 3.63) is 35.9 Å². The zero-order chi connectivity index (χ0) is 10.9. The summed E-state index contributed by atoms with van der Waals surface area (Å²) >= 11 is 0. The van der Waals surface area contributed by atoms with Gasteiger partial charge in [0.1, 0.15) is 6.10 Å². The molecule has 0 aromatic heterocycles. The first-order chi connectivity index (χ1) is 7.19. The van der Waals surface area contributed by atoms with E-state index in [0.717, 1.165) is 5.56 Å². The molecular formula is C12H14O3. The number of carbonyl (C=O) groups is 1. The highest BCUT2D eigenvalue weighted by Crippen LogP contribution is 2.37. The van der Waals surface area contributed by atoms with Gasteiger partial charge >= 0.3 is 5.97 Å². The van der Waals surface area contributed by atoms with E-state index in [1.165, 1.54) is 0 Å². The molecular weight excluding hydrogens is 192 g/mol. The van der Waals surface area contributed by atoms with Crippen LogP contribution in [0.5, 0.6) is 0 Å². The van der Waals surface area contributed by atoms with E-state index >= 15 is 0 Å². The third-order valence-electron chi connectivity index (χ3n) is 2.80. The molecule has 1 aromatic carbocycles. The van der Waals surface area contributed by atoms with Crippen LogP contribution in [-0.4, -0.2) is 19.2 Å². The molecule has 0 aliphatic carbocycles. The maximum absolute atomic E-state index is 11.8. The molecule has 0 N–H and O–H groups in total. The van der Waals surface area contributed by atoms with Crippen molar-refractivity contribution >= 4 is 5.97 Å². The van der Waals surface area contributed by atoms with Crippen LogP contribution in [0.1, 0.15) is 18.9 Å². The molecule has 1 fully saturated rings. The first kappa shape index (κ1) is 10.2. The van der Waals surface area contributed by atoms with Gasteiger partial charge in [-0.2, -0.15) is 0 Å². The predicted octanol–water partition coefficient (Wildman–Crippen LogP) is 1.86. The van der Waals surface area contributed by atoms with Gasteiger partial charge in [0, 0.05) is 13.5 Å². The van der Waals surface area contributed by atoms with E-state index in [4.69, 9.17) is 9.47 Å². The predicted molar refractivity (Wildman–Crippen MR) is 55.3 cm³/mol. The molecule has 1 aliphatic rings. The summed E-state index contributed by atoms with van der Waals surface area (Å²) in [5.74, 6) is -0.288. The van der Waals surface area contributed by atoms with E-state index in [-0.39, 0.29) is 12.1 Å². The van der Waals surface area contributed by atoms with Crippen molar-refractivity contribution < 1.29 is 14.3 Å². The number of benzene rings is 1. The monoisotopic (exact) mass is 206 g/mol. The van der Waals surface area contributed by atoms with Crippen LogP contribution in [0.2, 0.25) is 0 Å². The van der Waals surface area contributed by atoms with E-state index in [9.17, 15) is 4.79 Å². The largest absolute Gasteiger partial charge is 0.460 e. The Hall–Kier alpha value is -1.35. The number of methoxy groups -OCH3 is 1. The van der Waals surface area contributed by atoms with E-state index in [0.29, 0.717) is 6.42 Å². The third-order valence-corrected chi connectivity index (χ3v) is 2.80. The number of ether oxygens (including phenoxy) is 2. The second-order valence-electron chi connectivity index (χ2n) is 3.82. The lowest BCUT2D eigenvalue weighted by Crippen LogP contribution is -2.33. The quantitative estimate of drug-likeness (QED) is 0.693. The summed E-state index contributed by atoms with van der Waals surface area (Å²) in [6, 6.07) is 9.49. The summed E-state index contributed by atoms with van der Waals surface area (Å²) in [5.41, 5.74) is -0.0393. The van der Waals surface area contributed by atoms with Gasteiger partial charge in [-0.25, -0.2) is 4.79 Å². The highest BCUT2D eigenvalue weighted by atomic mass is 16.6. The number of rotatable bonds is 2. The van der Waals surface area contributed by atoms with Gasteiger partial charge in [-0.3, -0.25) is 0 Å². The van der Waals surface area contributed by atoms with Crippen molar-refractivity contribution in [2.45, 2.75) is 25.0 Å². The summed E-state index contributed by atoms with van der Waals surface area (Å²) in [7, 11) is 1.55. The molecule has 0 spiro atoms. The van der Waals surface area contributed by atoms with Gasteiger partial charge in [0.25, 0.3) is 0 Å². The Morgan fingerprint density at radius 3 is 2.53 bits per heavy atom. The molecule has 1 aromatic rings. The smallest absolute Gasteiger partial charge is 0.343 e. The maximum Gasteiger partial charge on any atom is 0.343 e. The van der Waals surface area contributed by atoms with Crippen LogP contribution >= 0.6 is 0 Å². The van der Waals surface area contributed by atoms with Gasteiger partial charge in [-0.15, -0.1) is 0 Å². The Kier molecular flexibility index (Phi) is 2.49. The molecule has 15 heavy (non-hydrogen) atoms. The number of hydrogen-bond acceptors (Lipinski definition) is 3. The van der Waals surface area contributed by atoms with Crippen LogP contribution in [-0.2, 0) is 19.9 Å². The summed E-state index contributed by atoms with van der Waals surface area (Å²) in [6.45, 7) is 1.88. The summed E-state index contributed by atoms with van der Waals surface area (Å²) < 4.78 is 10.6. The van der Waals surface area contributed by atoms with Crippen molar-refractivity contribution in [2.24, 2.45) is 0 Å². The molecule has 2 rings (SSSR count). The van der Waals surface area contributed by atoms with Crippen molar-refractivity contribution in [3.8, 4) is 0 Å². The fraction of sp³-hybridized carbons (Fsp3) is 0.417. The molecule has 2 atom stereocenters. The Bertz CT molecular complexity index is 360. The fourth-order valence-corrected chi connectivity index (χ4v) is 2.04. The Morgan fingerprint density at radius 1 is 1.40 bits per heavy atom. The van der Waals surface area contributed by atoms with Crippen LogP contribution in [0.4, 0.5) is 0 Å². The number of hydrogen-bond donors (Lipinski definition) is 0. The lowest BCUT2D eigenvalue weighted by atomic mass is 9.90. The van der Waals surface area contributed by atoms with Gasteiger partial charge in [0.05, 0.1) is 0 Å². The average Bonchev–Trinajstić information content (AvgIpc) is 2.56. The molecule has 0 bridgehead atoms. The molecule has 1 heterocycles. The van der Waals surface area contributed by atoms with Gasteiger partial charge in [-0.05, 0) is 12.5 Å². The Morgan fingerprint density at radius 2 is 2.07 bits per heavy atom. The standard InChI is InChI=1S/C12H14O3/c1-9-8-12(14-2,11(13)15-9)10-6-4-3-5-7-10/h3-7,9H,8H2,1-2H3. The second kappa shape index (κ2) is 3.66. The number of cyclic esters (lactones) is 1. The van der Waals surface area contributed by atoms with Gasteiger partial charge in [0.15, 0.2) is 5.60 Å². The molecule has 0 radical (unpaired) electrons. The lowest BCUT2D eigenvalue weighted by molar-refractivity contribution is -0.158. The van der Waals surface area contributed by atoms with E-state index < -0.39 is 5.60 Å².